The number of hydrogen-bond acceptors (Lipinski definition) is 1. The van der Waals surface area contributed by atoms with Crippen LogP contribution in [-0.2, 0) is 6.54 Å². The molecule has 0 fully saturated rings. The lowest BCUT2D eigenvalue weighted by molar-refractivity contribution is 0.651. The van der Waals surface area contributed by atoms with Crippen LogP contribution in [-0.4, -0.2) is 4.57 Å². The normalized spacial score (nSPS) is 11.0. The van der Waals surface area contributed by atoms with Crippen molar-refractivity contribution >= 4 is 22.5 Å². The van der Waals surface area contributed by atoms with Gasteiger partial charge in [-0.15, -0.1) is 0 Å². The molecule has 0 spiro atoms. The van der Waals surface area contributed by atoms with Crippen LogP contribution in [0.5, 0.6) is 0 Å². The van der Waals surface area contributed by atoms with Crippen LogP contribution in [0.25, 0.3) is 22.2 Å². The van der Waals surface area contributed by atoms with Gasteiger partial charge in [0.05, 0.1) is 11.2 Å². The van der Waals surface area contributed by atoms with E-state index in [4.69, 9.17) is 11.6 Å². The third-order valence-electron chi connectivity index (χ3n) is 3.88. The quantitative estimate of drug-likeness (QED) is 0.655. The highest BCUT2D eigenvalue weighted by molar-refractivity contribution is 6.31. The Kier molecular flexibility index (Phi) is 4.30. The number of rotatable bonds is 4. The fraction of sp³-hybridized carbons (Fsp3) is 0.211. The van der Waals surface area contributed by atoms with E-state index in [1.807, 2.05) is 42.5 Å². The maximum atomic E-state index is 12.5. The zero-order chi connectivity index (χ0) is 15.5. The zero-order valence-electron chi connectivity index (χ0n) is 12.6. The first-order chi connectivity index (χ1) is 10.7. The van der Waals surface area contributed by atoms with Crippen molar-refractivity contribution in [3.63, 3.8) is 0 Å². The minimum Gasteiger partial charge on any atom is -0.340 e. The van der Waals surface area contributed by atoms with Gasteiger partial charge in [-0.3, -0.25) is 4.79 Å². The maximum Gasteiger partial charge on any atom is 0.190 e. The second-order valence-corrected chi connectivity index (χ2v) is 5.86. The number of hydrogen-bond donors (Lipinski definition) is 0. The van der Waals surface area contributed by atoms with E-state index in [2.05, 4.69) is 11.5 Å². The predicted molar refractivity (Wildman–Crippen MR) is 93.6 cm³/mol. The number of aromatic nitrogens is 1. The summed E-state index contributed by atoms with van der Waals surface area (Å²) in [7, 11) is 0. The molecular weight excluding hydrogens is 294 g/mol. The smallest absolute Gasteiger partial charge is 0.190 e. The fourth-order valence-electron chi connectivity index (χ4n) is 2.76. The van der Waals surface area contributed by atoms with Gasteiger partial charge in [0.25, 0.3) is 0 Å². The number of aryl methyl sites for hydroxylation is 1. The highest BCUT2D eigenvalue weighted by Crippen LogP contribution is 2.25. The van der Waals surface area contributed by atoms with Gasteiger partial charge in [-0.25, -0.2) is 0 Å². The molecule has 0 amide bonds. The molecule has 1 aromatic heterocycles. The molecule has 0 N–H and O–H groups in total. The van der Waals surface area contributed by atoms with E-state index in [-0.39, 0.29) is 5.43 Å². The summed E-state index contributed by atoms with van der Waals surface area (Å²) in [6.45, 7) is 3.06. The summed E-state index contributed by atoms with van der Waals surface area (Å²) in [6.07, 6.45) is 2.18. The van der Waals surface area contributed by atoms with E-state index in [0.717, 1.165) is 36.2 Å². The summed E-state index contributed by atoms with van der Waals surface area (Å²) in [6, 6.07) is 17.3. The highest BCUT2D eigenvalue weighted by Gasteiger charge is 2.11. The number of halogens is 1. The van der Waals surface area contributed by atoms with Crippen LogP contribution in [0.4, 0.5) is 0 Å². The van der Waals surface area contributed by atoms with Crippen molar-refractivity contribution in [2.75, 3.05) is 0 Å². The first-order valence-electron chi connectivity index (χ1n) is 7.59. The molecule has 3 heteroatoms. The van der Waals surface area contributed by atoms with Gasteiger partial charge in [0, 0.05) is 23.0 Å². The number of pyridine rings is 1. The van der Waals surface area contributed by atoms with Crippen LogP contribution in [0.1, 0.15) is 19.8 Å². The average Bonchev–Trinajstić information content (AvgIpc) is 2.55. The first kappa shape index (κ1) is 14.9. The Morgan fingerprint density at radius 3 is 2.55 bits per heavy atom. The van der Waals surface area contributed by atoms with Gasteiger partial charge in [0.1, 0.15) is 0 Å². The molecular formula is C19H18ClNO. The van der Waals surface area contributed by atoms with E-state index < -0.39 is 0 Å². The molecule has 0 aliphatic carbocycles. The van der Waals surface area contributed by atoms with Crippen molar-refractivity contribution in [3.8, 4) is 11.3 Å². The van der Waals surface area contributed by atoms with Gasteiger partial charge in [-0.05, 0) is 30.2 Å². The molecule has 3 aromatic rings. The zero-order valence-corrected chi connectivity index (χ0v) is 13.3. The number of nitrogens with zero attached hydrogens (tertiary/aromatic N) is 1. The van der Waals surface area contributed by atoms with E-state index in [1.54, 1.807) is 12.1 Å². The van der Waals surface area contributed by atoms with Crippen molar-refractivity contribution in [2.45, 2.75) is 26.3 Å². The molecule has 0 unspecified atom stereocenters. The van der Waals surface area contributed by atoms with Crippen molar-refractivity contribution in [2.24, 2.45) is 0 Å². The first-order valence-corrected chi connectivity index (χ1v) is 7.97. The largest absolute Gasteiger partial charge is 0.340 e. The van der Waals surface area contributed by atoms with E-state index >= 15 is 0 Å². The molecule has 0 saturated carbocycles. The Morgan fingerprint density at radius 2 is 1.82 bits per heavy atom. The van der Waals surface area contributed by atoms with Crippen molar-refractivity contribution in [3.05, 3.63) is 69.8 Å². The maximum absolute atomic E-state index is 12.5. The van der Waals surface area contributed by atoms with E-state index in [1.165, 1.54) is 0 Å². The molecule has 0 atom stereocenters. The van der Waals surface area contributed by atoms with Gasteiger partial charge in [-0.1, -0.05) is 55.3 Å². The second kappa shape index (κ2) is 6.37. The van der Waals surface area contributed by atoms with Crippen LogP contribution >= 0.6 is 11.6 Å². The molecule has 0 bridgehead atoms. The van der Waals surface area contributed by atoms with Gasteiger partial charge in [0.2, 0.25) is 0 Å². The minimum atomic E-state index is 0.0177. The van der Waals surface area contributed by atoms with E-state index in [0.29, 0.717) is 10.4 Å². The predicted octanol–water partition coefficient (Wildman–Crippen LogP) is 5.12. The van der Waals surface area contributed by atoms with Gasteiger partial charge < -0.3 is 4.57 Å². The molecule has 0 aliphatic heterocycles. The van der Waals surface area contributed by atoms with Crippen LogP contribution in [0, 0.1) is 0 Å². The SMILES string of the molecule is CCCCn1c(-c2ccccc2)cc(=O)c2cc(Cl)ccc21. The molecule has 1 heterocycles. The molecule has 0 aliphatic rings. The Balaban J connectivity index is 2.31. The lowest BCUT2D eigenvalue weighted by atomic mass is 10.1. The number of fused-ring (bicyclic) bond motifs is 1. The van der Waals surface area contributed by atoms with Gasteiger partial charge in [0.15, 0.2) is 5.43 Å². The third-order valence-corrected chi connectivity index (χ3v) is 4.11. The standard InChI is InChI=1S/C19H18ClNO/c1-2-3-11-21-17-10-9-15(20)12-16(17)19(22)13-18(21)14-7-5-4-6-8-14/h4-10,12-13H,2-3,11H2,1H3. The lowest BCUT2D eigenvalue weighted by Gasteiger charge is -2.17. The topological polar surface area (TPSA) is 22.0 Å². The van der Waals surface area contributed by atoms with E-state index in [9.17, 15) is 4.79 Å². The fourth-order valence-corrected chi connectivity index (χ4v) is 2.93. The Labute approximate surface area is 135 Å². The Morgan fingerprint density at radius 1 is 1.05 bits per heavy atom. The van der Waals surface area contributed by atoms with Crippen LogP contribution in [0.3, 0.4) is 0 Å². The van der Waals surface area contributed by atoms with Crippen LogP contribution in [0.2, 0.25) is 5.02 Å². The Bertz CT molecular complexity index is 852. The summed E-state index contributed by atoms with van der Waals surface area (Å²) in [4.78, 5) is 12.5. The molecule has 2 aromatic carbocycles. The molecule has 22 heavy (non-hydrogen) atoms. The summed E-state index contributed by atoms with van der Waals surface area (Å²) in [5.41, 5.74) is 3.00. The third kappa shape index (κ3) is 2.79. The summed E-state index contributed by atoms with van der Waals surface area (Å²) in [5, 5.41) is 1.28. The summed E-state index contributed by atoms with van der Waals surface area (Å²) >= 11 is 6.06. The molecule has 3 rings (SSSR count). The van der Waals surface area contributed by atoms with Crippen LogP contribution < -0.4 is 5.43 Å². The number of unbranched alkanes of at least 4 members (excludes halogenated alkanes) is 1. The van der Waals surface area contributed by atoms with Gasteiger partial charge in [-0.2, -0.15) is 0 Å². The summed E-state index contributed by atoms with van der Waals surface area (Å²) < 4.78 is 2.23. The molecule has 0 saturated heterocycles. The van der Waals surface area contributed by atoms with Crippen LogP contribution in [0.15, 0.2) is 59.4 Å². The molecule has 2 nitrogen and oxygen atoms in total. The highest BCUT2D eigenvalue weighted by atomic mass is 35.5. The second-order valence-electron chi connectivity index (χ2n) is 5.43. The Hall–Kier alpha value is -2.06. The summed E-state index contributed by atoms with van der Waals surface area (Å²) in [5.74, 6) is 0. The van der Waals surface area contributed by atoms with Crippen molar-refractivity contribution < 1.29 is 0 Å². The van der Waals surface area contributed by atoms with Gasteiger partial charge >= 0.3 is 0 Å². The molecule has 112 valence electrons. The van der Waals surface area contributed by atoms with Crippen molar-refractivity contribution in [1.82, 2.24) is 4.57 Å². The lowest BCUT2D eigenvalue weighted by Crippen LogP contribution is -2.12. The van der Waals surface area contributed by atoms with Crippen molar-refractivity contribution in [1.29, 1.82) is 0 Å². The monoisotopic (exact) mass is 311 g/mol. The number of benzene rings is 2. The minimum absolute atomic E-state index is 0.0177. The average molecular weight is 312 g/mol. The molecule has 0 radical (unpaired) electrons.